The summed E-state index contributed by atoms with van der Waals surface area (Å²) in [7, 11) is 0. The molecule has 0 unspecified atom stereocenters. The molecule has 260 valence electrons. The average Bonchev–Trinajstić information content (AvgIpc) is 4.08. The zero-order chi connectivity index (χ0) is 36.2. The highest BCUT2D eigenvalue weighted by Crippen LogP contribution is 2.42. The number of nitrogens with zero attached hydrogens (tertiary/aromatic N) is 3. The number of pyridine rings is 1. The quantitative estimate of drug-likeness (QED) is 0.0814. The van der Waals surface area contributed by atoms with E-state index in [0.717, 1.165) is 58.2 Å². The van der Waals surface area contributed by atoms with Gasteiger partial charge in [0.1, 0.15) is 5.69 Å². The monoisotopic (exact) mass is 691 g/mol. The second kappa shape index (κ2) is 14.7. The van der Waals surface area contributed by atoms with Gasteiger partial charge in [0, 0.05) is 16.7 Å². The molecule has 6 aromatic rings. The number of carboxylic acids is 2. The molecule has 0 aliphatic heterocycles. The van der Waals surface area contributed by atoms with Gasteiger partial charge >= 0.3 is 11.9 Å². The van der Waals surface area contributed by atoms with E-state index in [1.54, 1.807) is 30.6 Å². The van der Waals surface area contributed by atoms with Gasteiger partial charge in [0.2, 0.25) is 11.9 Å². The topological polar surface area (TPSA) is 151 Å². The minimum Gasteiger partial charge on any atom is -0.618 e. The first kappa shape index (κ1) is 33.9. The SMILES string of the molecule is Cc1cc(Nc2ccc(C3CC3)cc2C(=O)O)c[n+]([O-])c1-c1ccccc1.O=C(O)c1cc(C2CC2)ccc1Nc1cnc(-c2ccccc2)nc1. The van der Waals surface area contributed by atoms with Crippen molar-refractivity contribution in [3.05, 3.63) is 155 Å². The van der Waals surface area contributed by atoms with Crippen LogP contribution in [0.4, 0.5) is 22.7 Å². The lowest BCUT2D eigenvalue weighted by Crippen LogP contribution is -2.30. The standard InChI is InChI=1S/C22H20N2O3.C20H17N3O2/c1-14-11-18(13-24(27)21(14)16-5-3-2-4-6-16)23-20-10-9-17(15-7-8-15)12-19(20)22(25)26;24-20(25)17-10-15(13-6-7-13)8-9-18(17)23-16-11-21-19(22-12-16)14-4-2-1-3-5-14/h2-6,9-13,15,23H,7-8H2,1H3,(H,25,26);1-5,8-13,23H,6-7H2,(H,24,25). The van der Waals surface area contributed by atoms with Gasteiger partial charge in [0.15, 0.2) is 5.82 Å². The lowest BCUT2D eigenvalue weighted by Gasteiger charge is -2.13. The van der Waals surface area contributed by atoms with E-state index in [2.05, 4.69) is 20.6 Å². The number of aromatic nitrogens is 3. The zero-order valence-corrected chi connectivity index (χ0v) is 28.5. The highest BCUT2D eigenvalue weighted by atomic mass is 16.5. The van der Waals surface area contributed by atoms with Gasteiger partial charge in [-0.05, 0) is 98.0 Å². The molecule has 0 saturated heterocycles. The Hall–Kier alpha value is -6.55. The predicted octanol–water partition coefficient (Wildman–Crippen LogP) is 9.08. The van der Waals surface area contributed by atoms with Gasteiger partial charge in [-0.15, -0.1) is 0 Å². The van der Waals surface area contributed by atoms with Gasteiger partial charge in [-0.3, -0.25) is 0 Å². The molecule has 2 aromatic heterocycles. The second-order valence-electron chi connectivity index (χ2n) is 13.1. The minimum atomic E-state index is -0.979. The molecule has 8 rings (SSSR count). The number of aromatic carboxylic acids is 2. The summed E-state index contributed by atoms with van der Waals surface area (Å²) < 4.78 is 0.825. The summed E-state index contributed by atoms with van der Waals surface area (Å²) in [6.45, 7) is 1.87. The number of carboxylic acid groups (broad SMARTS) is 2. The van der Waals surface area contributed by atoms with Crippen molar-refractivity contribution in [1.82, 2.24) is 9.97 Å². The molecule has 10 nitrogen and oxygen atoms in total. The molecule has 52 heavy (non-hydrogen) atoms. The Labute approximate surface area is 301 Å². The lowest BCUT2D eigenvalue weighted by atomic mass is 10.0. The van der Waals surface area contributed by atoms with Crippen LogP contribution >= 0.6 is 0 Å². The number of hydrogen-bond donors (Lipinski definition) is 4. The molecule has 0 atom stereocenters. The van der Waals surface area contributed by atoms with Gasteiger partial charge < -0.3 is 26.1 Å². The van der Waals surface area contributed by atoms with Crippen molar-refractivity contribution < 1.29 is 24.5 Å². The molecule has 2 heterocycles. The van der Waals surface area contributed by atoms with E-state index in [0.29, 0.717) is 46.1 Å². The fourth-order valence-electron chi connectivity index (χ4n) is 6.20. The third-order valence-corrected chi connectivity index (χ3v) is 9.16. The van der Waals surface area contributed by atoms with Crippen LogP contribution in [0.1, 0.15) is 74.9 Å². The molecule has 0 bridgehead atoms. The first-order chi connectivity index (χ1) is 25.2. The maximum absolute atomic E-state index is 12.6. The zero-order valence-electron chi connectivity index (χ0n) is 28.5. The molecule has 2 saturated carbocycles. The summed E-state index contributed by atoms with van der Waals surface area (Å²) >= 11 is 0. The fraction of sp³-hybridized carbons (Fsp3) is 0.167. The van der Waals surface area contributed by atoms with Gasteiger partial charge in [0.05, 0.1) is 40.6 Å². The number of nitrogens with one attached hydrogen (secondary N) is 2. The molecule has 4 aromatic carbocycles. The normalized spacial score (nSPS) is 13.4. The number of benzene rings is 4. The van der Waals surface area contributed by atoms with Crippen LogP contribution in [-0.2, 0) is 0 Å². The molecule has 2 aliphatic rings. The number of hydrogen-bond acceptors (Lipinski definition) is 7. The van der Waals surface area contributed by atoms with E-state index in [1.807, 2.05) is 91.9 Å². The average molecular weight is 692 g/mol. The van der Waals surface area contributed by atoms with Crippen molar-refractivity contribution in [3.8, 4) is 22.6 Å². The van der Waals surface area contributed by atoms with E-state index < -0.39 is 11.9 Å². The molecule has 2 fully saturated rings. The van der Waals surface area contributed by atoms with Crippen LogP contribution in [-0.4, -0.2) is 32.1 Å². The van der Waals surface area contributed by atoms with Crippen molar-refractivity contribution >= 4 is 34.7 Å². The smallest absolute Gasteiger partial charge is 0.337 e. The Morgan fingerprint density at radius 1 is 0.673 bits per heavy atom. The Morgan fingerprint density at radius 2 is 1.15 bits per heavy atom. The lowest BCUT2D eigenvalue weighted by molar-refractivity contribution is -0.593. The summed E-state index contributed by atoms with van der Waals surface area (Å²) in [5.41, 5.74) is 8.09. The third-order valence-electron chi connectivity index (χ3n) is 9.16. The van der Waals surface area contributed by atoms with Gasteiger partial charge in [0.25, 0.3) is 0 Å². The first-order valence-electron chi connectivity index (χ1n) is 17.2. The largest absolute Gasteiger partial charge is 0.618 e. The molecule has 0 amide bonds. The van der Waals surface area contributed by atoms with Crippen molar-refractivity contribution in [3.63, 3.8) is 0 Å². The number of rotatable bonds is 10. The summed E-state index contributed by atoms with van der Waals surface area (Å²) in [5.74, 6) is -0.290. The molecule has 4 N–H and O–H groups in total. The van der Waals surface area contributed by atoms with Crippen molar-refractivity contribution in [2.24, 2.45) is 0 Å². The van der Waals surface area contributed by atoms with Gasteiger partial charge in [-0.25, -0.2) is 19.6 Å². The van der Waals surface area contributed by atoms with Crippen LogP contribution in [0.25, 0.3) is 22.6 Å². The number of aryl methyl sites for hydroxylation is 1. The summed E-state index contributed by atoms with van der Waals surface area (Å²) in [5, 5.41) is 37.9. The number of carbonyl (C=O) groups is 2. The molecule has 10 heteroatoms. The Bertz CT molecular complexity index is 2210. The van der Waals surface area contributed by atoms with E-state index in [9.17, 15) is 25.0 Å². The molecule has 2 aliphatic carbocycles. The van der Waals surface area contributed by atoms with Crippen LogP contribution < -0.4 is 15.4 Å². The summed E-state index contributed by atoms with van der Waals surface area (Å²) in [4.78, 5) is 32.0. The van der Waals surface area contributed by atoms with Crippen molar-refractivity contribution in [1.29, 1.82) is 0 Å². The van der Waals surface area contributed by atoms with Crippen LogP contribution in [0.15, 0.2) is 122 Å². The predicted molar refractivity (Wildman–Crippen MR) is 200 cm³/mol. The second-order valence-corrected chi connectivity index (χ2v) is 13.1. The van der Waals surface area contributed by atoms with Crippen LogP contribution in [0, 0.1) is 12.1 Å². The molecule has 0 radical (unpaired) electrons. The Kier molecular flexibility index (Phi) is 9.62. The maximum Gasteiger partial charge on any atom is 0.337 e. The highest BCUT2D eigenvalue weighted by molar-refractivity contribution is 5.96. The number of anilines is 4. The fourth-order valence-corrected chi connectivity index (χ4v) is 6.20. The van der Waals surface area contributed by atoms with Gasteiger partial charge in [-0.1, -0.05) is 60.7 Å². The third kappa shape index (κ3) is 7.92. The van der Waals surface area contributed by atoms with E-state index in [4.69, 9.17) is 0 Å². The minimum absolute atomic E-state index is 0.224. The summed E-state index contributed by atoms with van der Waals surface area (Å²) in [6.07, 6.45) is 9.27. The Balaban J connectivity index is 0.000000162. The molecular weight excluding hydrogens is 654 g/mol. The van der Waals surface area contributed by atoms with Gasteiger partial charge in [-0.2, -0.15) is 4.73 Å². The van der Waals surface area contributed by atoms with Crippen molar-refractivity contribution in [2.45, 2.75) is 44.4 Å². The Morgan fingerprint density at radius 3 is 1.62 bits per heavy atom. The van der Waals surface area contributed by atoms with Crippen molar-refractivity contribution in [2.75, 3.05) is 10.6 Å². The van der Waals surface area contributed by atoms with Crippen LogP contribution in [0.3, 0.4) is 0 Å². The van der Waals surface area contributed by atoms with E-state index in [-0.39, 0.29) is 11.1 Å². The van der Waals surface area contributed by atoms with Crippen LogP contribution in [0.2, 0.25) is 0 Å². The first-order valence-corrected chi connectivity index (χ1v) is 17.2. The maximum atomic E-state index is 12.6. The van der Waals surface area contributed by atoms with E-state index >= 15 is 0 Å². The molecule has 0 spiro atoms. The van der Waals surface area contributed by atoms with E-state index in [1.165, 1.54) is 6.20 Å². The molecular formula is C42H37N5O5. The summed E-state index contributed by atoms with van der Waals surface area (Å²) in [6, 6.07) is 32.1. The van der Waals surface area contributed by atoms with Crippen LogP contribution in [0.5, 0.6) is 0 Å². The highest BCUT2D eigenvalue weighted by Gasteiger charge is 2.26.